The molecule has 0 radical (unpaired) electrons. The number of benzene rings is 2. The highest BCUT2D eigenvalue weighted by Gasteiger charge is 2.45. The van der Waals surface area contributed by atoms with Crippen LogP contribution >= 0.6 is 15.9 Å². The molecule has 0 aliphatic carbocycles. The van der Waals surface area contributed by atoms with Gasteiger partial charge < -0.3 is 4.42 Å². The Morgan fingerprint density at radius 1 is 1.07 bits per heavy atom. The second kappa shape index (κ2) is 6.88. The van der Waals surface area contributed by atoms with Gasteiger partial charge in [-0.25, -0.2) is 9.37 Å². The summed E-state index contributed by atoms with van der Waals surface area (Å²) in [5, 5.41) is 0.316. The SMILES string of the molecule is Cc1cccc(N2C(=O)c3oc4ccc(Br)cc4c(=O)c3[C@@H]2c2ccccc2F)n1. The Labute approximate surface area is 178 Å². The first-order valence-electron chi connectivity index (χ1n) is 9.23. The van der Waals surface area contributed by atoms with Crippen molar-refractivity contribution in [1.82, 2.24) is 4.98 Å². The fourth-order valence-corrected chi connectivity index (χ4v) is 4.20. The number of amides is 1. The van der Waals surface area contributed by atoms with Crippen LogP contribution in [0, 0.1) is 12.7 Å². The molecular weight excluding hydrogens is 451 g/mol. The Bertz CT molecular complexity index is 1400. The summed E-state index contributed by atoms with van der Waals surface area (Å²) < 4.78 is 21.4. The van der Waals surface area contributed by atoms with Crippen LogP contribution in [0.5, 0.6) is 0 Å². The zero-order chi connectivity index (χ0) is 21.0. The molecule has 1 aliphatic rings. The van der Waals surface area contributed by atoms with Crippen LogP contribution in [0.1, 0.15) is 33.4 Å². The van der Waals surface area contributed by atoms with E-state index < -0.39 is 17.8 Å². The van der Waals surface area contributed by atoms with Crippen molar-refractivity contribution in [1.29, 1.82) is 0 Å². The minimum Gasteiger partial charge on any atom is -0.450 e. The molecule has 1 aliphatic heterocycles. The summed E-state index contributed by atoms with van der Waals surface area (Å²) in [6.07, 6.45) is 0. The summed E-state index contributed by atoms with van der Waals surface area (Å²) in [5.74, 6) is -0.816. The summed E-state index contributed by atoms with van der Waals surface area (Å²) in [5.41, 5.74) is 0.927. The normalized spacial score (nSPS) is 15.6. The molecular formula is C23H14BrFN2O3. The van der Waals surface area contributed by atoms with Crippen molar-refractivity contribution < 1.29 is 13.6 Å². The molecule has 148 valence electrons. The van der Waals surface area contributed by atoms with Crippen LogP contribution in [0.4, 0.5) is 10.2 Å². The lowest BCUT2D eigenvalue weighted by Gasteiger charge is -2.24. The van der Waals surface area contributed by atoms with Gasteiger partial charge in [-0.3, -0.25) is 14.5 Å². The molecule has 2 aromatic carbocycles. The van der Waals surface area contributed by atoms with Crippen molar-refractivity contribution in [2.75, 3.05) is 4.90 Å². The van der Waals surface area contributed by atoms with Crippen LogP contribution in [0.3, 0.4) is 0 Å². The van der Waals surface area contributed by atoms with E-state index in [1.807, 2.05) is 0 Å². The highest BCUT2D eigenvalue weighted by Crippen LogP contribution is 2.41. The van der Waals surface area contributed by atoms with Crippen LogP contribution in [0.25, 0.3) is 11.0 Å². The third-order valence-corrected chi connectivity index (χ3v) is 5.65. The summed E-state index contributed by atoms with van der Waals surface area (Å²) in [6, 6.07) is 15.3. The first-order chi connectivity index (χ1) is 14.5. The first kappa shape index (κ1) is 18.7. The van der Waals surface area contributed by atoms with E-state index in [4.69, 9.17) is 4.42 Å². The van der Waals surface area contributed by atoms with Crippen molar-refractivity contribution in [3.05, 3.63) is 104 Å². The van der Waals surface area contributed by atoms with Crippen LogP contribution in [0.15, 0.2) is 74.3 Å². The molecule has 0 fully saturated rings. The van der Waals surface area contributed by atoms with Gasteiger partial charge in [-0.2, -0.15) is 0 Å². The average molecular weight is 465 g/mol. The number of rotatable bonds is 2. The van der Waals surface area contributed by atoms with Gasteiger partial charge in [0.1, 0.15) is 17.2 Å². The predicted molar refractivity (Wildman–Crippen MR) is 114 cm³/mol. The predicted octanol–water partition coefficient (Wildman–Crippen LogP) is 5.15. The largest absolute Gasteiger partial charge is 0.450 e. The van der Waals surface area contributed by atoms with Gasteiger partial charge in [0, 0.05) is 15.7 Å². The molecule has 5 nitrogen and oxygen atoms in total. The number of fused-ring (bicyclic) bond motifs is 2. The molecule has 1 atom stereocenters. The van der Waals surface area contributed by atoms with Crippen molar-refractivity contribution in [2.24, 2.45) is 0 Å². The molecule has 0 saturated heterocycles. The van der Waals surface area contributed by atoms with E-state index >= 15 is 0 Å². The molecule has 0 unspecified atom stereocenters. The van der Waals surface area contributed by atoms with Gasteiger partial charge in [-0.15, -0.1) is 0 Å². The topological polar surface area (TPSA) is 63.4 Å². The summed E-state index contributed by atoms with van der Waals surface area (Å²) >= 11 is 3.36. The number of aryl methyl sites for hydroxylation is 1. The third-order valence-electron chi connectivity index (χ3n) is 5.15. The molecule has 0 spiro atoms. The van der Waals surface area contributed by atoms with Gasteiger partial charge in [-0.1, -0.05) is 40.2 Å². The molecule has 5 rings (SSSR count). The molecule has 30 heavy (non-hydrogen) atoms. The number of aromatic nitrogens is 1. The van der Waals surface area contributed by atoms with Gasteiger partial charge in [0.2, 0.25) is 5.76 Å². The van der Waals surface area contributed by atoms with Crippen molar-refractivity contribution in [3.63, 3.8) is 0 Å². The fraction of sp³-hybridized carbons (Fsp3) is 0.0870. The van der Waals surface area contributed by atoms with Crippen molar-refractivity contribution in [3.8, 4) is 0 Å². The van der Waals surface area contributed by atoms with Crippen LogP contribution in [-0.2, 0) is 0 Å². The van der Waals surface area contributed by atoms with E-state index in [0.717, 1.165) is 0 Å². The lowest BCUT2D eigenvalue weighted by Crippen LogP contribution is -2.31. The van der Waals surface area contributed by atoms with Crippen molar-refractivity contribution in [2.45, 2.75) is 13.0 Å². The van der Waals surface area contributed by atoms with Gasteiger partial charge in [-0.05, 0) is 43.3 Å². The lowest BCUT2D eigenvalue weighted by atomic mass is 9.98. The minimum absolute atomic E-state index is 0.0913. The maximum Gasteiger partial charge on any atom is 0.296 e. The molecule has 0 saturated carbocycles. The zero-order valence-corrected chi connectivity index (χ0v) is 17.3. The highest BCUT2D eigenvalue weighted by molar-refractivity contribution is 9.10. The van der Waals surface area contributed by atoms with E-state index in [9.17, 15) is 14.0 Å². The Hall–Kier alpha value is -3.32. The standard InChI is InChI=1S/C23H14BrFN2O3/c1-12-5-4-8-18(26-12)27-20(14-6-2-3-7-16(14)25)19-21(28)15-11-13(24)9-10-17(15)30-22(19)23(27)29/h2-11,20H,1H3/t20-/m0/s1. The van der Waals surface area contributed by atoms with E-state index in [1.54, 1.807) is 61.5 Å². The third kappa shape index (κ3) is 2.77. The van der Waals surface area contributed by atoms with Crippen LogP contribution < -0.4 is 10.3 Å². The molecule has 0 bridgehead atoms. The van der Waals surface area contributed by atoms with E-state index in [0.29, 0.717) is 27.0 Å². The van der Waals surface area contributed by atoms with E-state index in [2.05, 4.69) is 20.9 Å². The maximum absolute atomic E-state index is 14.8. The van der Waals surface area contributed by atoms with Gasteiger partial charge >= 0.3 is 0 Å². The number of hydrogen-bond acceptors (Lipinski definition) is 4. The lowest BCUT2D eigenvalue weighted by molar-refractivity contribution is 0.0970. The van der Waals surface area contributed by atoms with Crippen LogP contribution in [0.2, 0.25) is 0 Å². The maximum atomic E-state index is 14.8. The van der Waals surface area contributed by atoms with Crippen molar-refractivity contribution >= 4 is 38.6 Å². The fourth-order valence-electron chi connectivity index (χ4n) is 3.84. The van der Waals surface area contributed by atoms with E-state index in [1.165, 1.54) is 11.0 Å². The number of pyridine rings is 1. The summed E-state index contributed by atoms with van der Waals surface area (Å²) in [6.45, 7) is 1.80. The van der Waals surface area contributed by atoms with E-state index in [-0.39, 0.29) is 22.3 Å². The second-order valence-electron chi connectivity index (χ2n) is 7.05. The molecule has 3 heterocycles. The molecule has 1 amide bonds. The Balaban J connectivity index is 1.86. The number of hydrogen-bond donors (Lipinski definition) is 0. The second-order valence-corrected chi connectivity index (χ2v) is 7.97. The number of carbonyl (C=O) groups is 1. The Kier molecular flexibility index (Phi) is 4.29. The smallest absolute Gasteiger partial charge is 0.296 e. The van der Waals surface area contributed by atoms with Crippen LogP contribution in [-0.4, -0.2) is 10.9 Å². The number of carbonyl (C=O) groups excluding carboxylic acids is 1. The molecule has 0 N–H and O–H groups in total. The average Bonchev–Trinajstić information content (AvgIpc) is 3.01. The molecule has 2 aromatic heterocycles. The number of nitrogens with zero attached hydrogens (tertiary/aromatic N) is 2. The number of halogens is 2. The zero-order valence-electron chi connectivity index (χ0n) is 15.7. The Morgan fingerprint density at radius 3 is 2.63 bits per heavy atom. The molecule has 4 aromatic rings. The van der Waals surface area contributed by atoms with Gasteiger partial charge in [0.05, 0.1) is 17.0 Å². The number of anilines is 1. The Morgan fingerprint density at radius 2 is 1.87 bits per heavy atom. The highest BCUT2D eigenvalue weighted by atomic mass is 79.9. The quantitative estimate of drug-likeness (QED) is 0.411. The summed E-state index contributed by atoms with van der Waals surface area (Å²) in [4.78, 5) is 32.6. The first-order valence-corrected chi connectivity index (χ1v) is 10.0. The monoisotopic (exact) mass is 464 g/mol. The molecule has 7 heteroatoms. The summed E-state index contributed by atoms with van der Waals surface area (Å²) in [7, 11) is 0. The van der Waals surface area contributed by atoms with Gasteiger partial charge in [0.15, 0.2) is 5.43 Å². The van der Waals surface area contributed by atoms with Gasteiger partial charge in [0.25, 0.3) is 5.91 Å². The minimum atomic E-state index is -0.984.